The zero-order valence-corrected chi connectivity index (χ0v) is 16.6. The van der Waals surface area contributed by atoms with Gasteiger partial charge in [0, 0.05) is 24.5 Å². The van der Waals surface area contributed by atoms with Crippen LogP contribution in [0.3, 0.4) is 0 Å². The molecule has 12 heteroatoms. The van der Waals surface area contributed by atoms with Crippen molar-refractivity contribution in [2.45, 2.75) is 38.1 Å². The van der Waals surface area contributed by atoms with E-state index in [0.717, 1.165) is 6.92 Å². The fourth-order valence-corrected chi connectivity index (χ4v) is 3.03. The van der Waals surface area contributed by atoms with Crippen molar-refractivity contribution in [3.05, 3.63) is 34.9 Å². The van der Waals surface area contributed by atoms with Crippen LogP contribution < -0.4 is 20.7 Å². The van der Waals surface area contributed by atoms with Gasteiger partial charge in [-0.2, -0.15) is 23.1 Å². The maximum absolute atomic E-state index is 13.7. The van der Waals surface area contributed by atoms with E-state index in [2.05, 4.69) is 15.3 Å². The molecular weight excluding hydrogens is 433 g/mol. The molecule has 0 radical (unpaired) electrons. The summed E-state index contributed by atoms with van der Waals surface area (Å²) in [5.41, 5.74) is 6.66. The lowest BCUT2D eigenvalue weighted by Gasteiger charge is -2.23. The van der Waals surface area contributed by atoms with Crippen molar-refractivity contribution in [1.82, 2.24) is 9.97 Å². The van der Waals surface area contributed by atoms with E-state index in [1.54, 1.807) is 24.3 Å². The molecule has 3 rings (SSSR count). The molecule has 0 unspecified atom stereocenters. The van der Waals surface area contributed by atoms with Crippen LogP contribution in [0.2, 0.25) is 5.02 Å². The predicted octanol–water partition coefficient (Wildman–Crippen LogP) is 4.50. The number of nitrogens with zero attached hydrogens (tertiary/aromatic N) is 3. The largest absolute Gasteiger partial charge is 0.451 e. The van der Waals surface area contributed by atoms with Gasteiger partial charge in [0.15, 0.2) is 17.7 Å². The van der Waals surface area contributed by atoms with Crippen LogP contribution in [0.1, 0.15) is 18.9 Å². The van der Waals surface area contributed by atoms with E-state index in [1.165, 1.54) is 4.90 Å². The molecule has 0 aliphatic carbocycles. The first-order chi connectivity index (χ1) is 14.0. The van der Waals surface area contributed by atoms with Crippen molar-refractivity contribution in [2.24, 2.45) is 0 Å². The van der Waals surface area contributed by atoms with Gasteiger partial charge < -0.3 is 20.7 Å². The Morgan fingerprint density at radius 2 is 2.00 bits per heavy atom. The smallest absolute Gasteiger partial charge is 0.425 e. The second-order valence-electron chi connectivity index (χ2n) is 6.87. The Hall–Kier alpha value is -2.56. The Kier molecular flexibility index (Phi) is 6.11. The summed E-state index contributed by atoms with van der Waals surface area (Å²) in [4.78, 5) is 8.98. The van der Waals surface area contributed by atoms with Crippen LogP contribution in [0.25, 0.3) is 0 Å². The summed E-state index contributed by atoms with van der Waals surface area (Å²) in [6.45, 7) is 0.212. The van der Waals surface area contributed by atoms with Gasteiger partial charge in [0.2, 0.25) is 0 Å². The van der Waals surface area contributed by atoms with Crippen LogP contribution in [0.15, 0.2) is 24.3 Å². The number of rotatable bonds is 6. The van der Waals surface area contributed by atoms with Gasteiger partial charge in [-0.15, -0.1) is 0 Å². The van der Waals surface area contributed by atoms with Gasteiger partial charge in [-0.3, -0.25) is 0 Å². The molecule has 1 saturated heterocycles. The van der Waals surface area contributed by atoms with Crippen molar-refractivity contribution in [2.75, 3.05) is 29.0 Å². The molecule has 1 aliphatic rings. The third-order valence-electron chi connectivity index (χ3n) is 4.52. The highest BCUT2D eigenvalue weighted by molar-refractivity contribution is 6.31. The number of nitrogen functional groups attached to an aromatic ring is 1. The molecule has 1 aromatic carbocycles. The van der Waals surface area contributed by atoms with Crippen LogP contribution >= 0.6 is 11.6 Å². The summed E-state index contributed by atoms with van der Waals surface area (Å²) in [6.07, 6.45) is -7.28. The molecule has 0 saturated carbocycles. The van der Waals surface area contributed by atoms with E-state index in [9.17, 15) is 22.0 Å². The minimum atomic E-state index is -4.66. The van der Waals surface area contributed by atoms with Gasteiger partial charge in [-0.1, -0.05) is 29.8 Å². The normalized spacial score (nSPS) is 17.1. The van der Waals surface area contributed by atoms with Crippen LogP contribution in [0.5, 0.6) is 6.01 Å². The van der Waals surface area contributed by atoms with Crippen LogP contribution in [0, 0.1) is 0 Å². The Morgan fingerprint density at radius 3 is 2.60 bits per heavy atom. The highest BCUT2D eigenvalue weighted by Crippen LogP contribution is 2.37. The summed E-state index contributed by atoms with van der Waals surface area (Å²) in [7, 11) is 0. The molecule has 6 nitrogen and oxygen atoms in total. The molecule has 0 spiro atoms. The lowest BCUT2D eigenvalue weighted by Crippen LogP contribution is -2.32. The minimum Gasteiger partial charge on any atom is -0.451 e. The molecule has 2 aromatic rings. The first kappa shape index (κ1) is 22.1. The van der Waals surface area contributed by atoms with Crippen molar-refractivity contribution in [1.29, 1.82) is 0 Å². The van der Waals surface area contributed by atoms with E-state index in [4.69, 9.17) is 22.1 Å². The number of nitrogens with one attached hydrogen (secondary N) is 1. The second kappa shape index (κ2) is 8.29. The van der Waals surface area contributed by atoms with Gasteiger partial charge in [-0.05, 0) is 18.6 Å². The van der Waals surface area contributed by atoms with E-state index in [1.807, 2.05) is 0 Å². The molecule has 1 aromatic heterocycles. The van der Waals surface area contributed by atoms with Crippen LogP contribution in [-0.2, 0) is 6.54 Å². The second-order valence-corrected chi connectivity index (χ2v) is 7.27. The van der Waals surface area contributed by atoms with Crippen molar-refractivity contribution in [3.8, 4) is 6.01 Å². The number of halogens is 6. The number of alkyl halides is 5. The van der Waals surface area contributed by atoms with Crippen molar-refractivity contribution < 1.29 is 26.7 Å². The summed E-state index contributed by atoms with van der Waals surface area (Å²) < 4.78 is 70.8. The van der Waals surface area contributed by atoms with Gasteiger partial charge in [0.05, 0.1) is 6.54 Å². The number of ether oxygens (including phenoxy) is 1. The molecule has 2 heterocycles. The van der Waals surface area contributed by atoms with Gasteiger partial charge in [-0.25, -0.2) is 8.78 Å². The van der Waals surface area contributed by atoms with Gasteiger partial charge >= 0.3 is 12.2 Å². The topological polar surface area (TPSA) is 76.3 Å². The quantitative estimate of drug-likeness (QED) is 0.630. The molecule has 0 amide bonds. The SMILES string of the molecule is C[C@H](Oc1nc(NCc2ccccc2Cl)c(N)c(N2CCC(F)(F)C2)n1)C(F)(F)F. The molecule has 0 bridgehead atoms. The highest BCUT2D eigenvalue weighted by atomic mass is 35.5. The third-order valence-corrected chi connectivity index (χ3v) is 4.89. The van der Waals surface area contributed by atoms with Crippen molar-refractivity contribution >= 4 is 28.9 Å². The van der Waals surface area contributed by atoms with E-state index < -0.39 is 37.2 Å². The maximum atomic E-state index is 13.7. The van der Waals surface area contributed by atoms with Crippen LogP contribution in [0.4, 0.5) is 39.3 Å². The number of hydrogen-bond donors (Lipinski definition) is 2. The summed E-state index contributed by atoms with van der Waals surface area (Å²) in [5, 5.41) is 3.33. The Labute approximate surface area is 174 Å². The molecule has 30 heavy (non-hydrogen) atoms. The number of aromatic nitrogens is 2. The standard InChI is InChI=1S/C18H19ClF5N5O/c1-10(18(22,23)24)30-16-27-14(26-8-11-4-2-3-5-12(11)19)13(25)15(28-16)29-7-6-17(20,21)9-29/h2-5,10H,6-9,25H2,1H3,(H,26,27,28)/t10-/m0/s1. The lowest BCUT2D eigenvalue weighted by molar-refractivity contribution is -0.190. The van der Waals surface area contributed by atoms with E-state index in [-0.39, 0.29) is 30.4 Å². The highest BCUT2D eigenvalue weighted by Gasteiger charge is 2.41. The maximum Gasteiger partial charge on any atom is 0.425 e. The van der Waals surface area contributed by atoms with E-state index >= 15 is 0 Å². The molecule has 164 valence electrons. The summed E-state index contributed by atoms with van der Waals surface area (Å²) in [5.74, 6) is -3.12. The summed E-state index contributed by atoms with van der Waals surface area (Å²) >= 11 is 6.10. The third kappa shape index (κ3) is 5.13. The first-order valence-corrected chi connectivity index (χ1v) is 9.35. The fourth-order valence-electron chi connectivity index (χ4n) is 2.83. The van der Waals surface area contributed by atoms with Gasteiger partial charge in [0.1, 0.15) is 5.69 Å². The minimum absolute atomic E-state index is 0.0421. The Balaban J connectivity index is 1.92. The van der Waals surface area contributed by atoms with E-state index in [0.29, 0.717) is 10.6 Å². The molecule has 1 atom stereocenters. The van der Waals surface area contributed by atoms with Gasteiger partial charge in [0.25, 0.3) is 5.92 Å². The molecule has 3 N–H and O–H groups in total. The molecule has 1 fully saturated rings. The monoisotopic (exact) mass is 451 g/mol. The number of nitrogens with two attached hydrogens (primary N) is 1. The number of benzene rings is 1. The first-order valence-electron chi connectivity index (χ1n) is 8.97. The molecule has 1 aliphatic heterocycles. The lowest BCUT2D eigenvalue weighted by atomic mass is 10.2. The zero-order chi connectivity index (χ0) is 22.1. The average molecular weight is 452 g/mol. The summed E-state index contributed by atoms with van der Waals surface area (Å²) in [6, 6.07) is 6.27. The number of anilines is 3. The van der Waals surface area contributed by atoms with Crippen LogP contribution in [-0.4, -0.2) is 41.3 Å². The number of hydrogen-bond acceptors (Lipinski definition) is 6. The fraction of sp³-hybridized carbons (Fsp3) is 0.444. The zero-order valence-electron chi connectivity index (χ0n) is 15.8. The predicted molar refractivity (Wildman–Crippen MR) is 103 cm³/mol. The average Bonchev–Trinajstić information content (AvgIpc) is 3.01. The Bertz CT molecular complexity index is 911. The Morgan fingerprint density at radius 1 is 1.30 bits per heavy atom. The molecular formula is C18H19ClF5N5O. The van der Waals surface area contributed by atoms with Crippen molar-refractivity contribution in [3.63, 3.8) is 0 Å².